The van der Waals surface area contributed by atoms with Gasteiger partial charge < -0.3 is 14.4 Å². The van der Waals surface area contributed by atoms with Gasteiger partial charge in [-0.2, -0.15) is 13.2 Å². The van der Waals surface area contributed by atoms with Crippen LogP contribution in [-0.4, -0.2) is 60.0 Å². The summed E-state index contributed by atoms with van der Waals surface area (Å²) >= 11 is 0. The van der Waals surface area contributed by atoms with Crippen LogP contribution in [0.15, 0.2) is 24.3 Å². The van der Waals surface area contributed by atoms with Gasteiger partial charge in [-0.25, -0.2) is 4.79 Å². The molecule has 162 valence electrons. The minimum absolute atomic E-state index is 0.0221. The predicted molar refractivity (Wildman–Crippen MR) is 103 cm³/mol. The monoisotopic (exact) mass is 414 g/mol. The molecule has 2 heterocycles. The lowest BCUT2D eigenvalue weighted by atomic mass is 9.85. The Balaban J connectivity index is 1.61. The number of para-hydroxylation sites is 1. The molecule has 3 rings (SSSR count). The number of amides is 1. The van der Waals surface area contributed by atoms with Crippen molar-refractivity contribution in [2.75, 3.05) is 26.2 Å². The molecule has 2 aliphatic rings. The summed E-state index contributed by atoms with van der Waals surface area (Å²) < 4.78 is 48.3. The smallest absolute Gasteiger partial charge is 0.425 e. The Morgan fingerprint density at radius 1 is 1.17 bits per heavy atom. The highest BCUT2D eigenvalue weighted by Crippen LogP contribution is 2.40. The highest BCUT2D eigenvalue weighted by Gasteiger charge is 2.45. The van der Waals surface area contributed by atoms with Crippen LogP contribution in [0.2, 0.25) is 0 Å². The second-order valence-electron chi connectivity index (χ2n) is 7.84. The molecule has 2 saturated heterocycles. The normalized spacial score (nSPS) is 20.7. The molecule has 0 radical (unpaired) electrons. The standard InChI is InChI=1S/C21H29F3N2O3/c1-3-28-18-8-5-4-7-17(18)15-26-12-6-9-20(26)10-13-25(14-11-20)19(27)29-16(2)21(22,23)24/h4-5,7-8,16H,3,6,9-15H2,1-2H3. The quantitative estimate of drug-likeness (QED) is 0.706. The summed E-state index contributed by atoms with van der Waals surface area (Å²) in [5, 5.41) is 0. The van der Waals surface area contributed by atoms with Crippen LogP contribution in [0, 0.1) is 0 Å². The van der Waals surface area contributed by atoms with Crippen LogP contribution in [0.5, 0.6) is 5.75 Å². The molecule has 1 atom stereocenters. The number of benzene rings is 1. The lowest BCUT2D eigenvalue weighted by Gasteiger charge is -2.45. The summed E-state index contributed by atoms with van der Waals surface area (Å²) in [4.78, 5) is 16.0. The van der Waals surface area contributed by atoms with Crippen molar-refractivity contribution in [1.82, 2.24) is 9.80 Å². The number of nitrogens with zero attached hydrogens (tertiary/aromatic N) is 2. The fourth-order valence-electron chi connectivity index (χ4n) is 4.34. The Kier molecular flexibility index (Phi) is 6.61. The molecule has 0 bridgehead atoms. The average Bonchev–Trinajstić information content (AvgIpc) is 3.05. The number of ether oxygens (including phenoxy) is 2. The number of hydrogen-bond donors (Lipinski definition) is 0. The molecule has 1 spiro atoms. The number of carbonyl (C=O) groups excluding carboxylic acids is 1. The first-order chi connectivity index (χ1) is 13.7. The van der Waals surface area contributed by atoms with Gasteiger partial charge in [0.1, 0.15) is 5.75 Å². The van der Waals surface area contributed by atoms with Crippen LogP contribution in [0.25, 0.3) is 0 Å². The fourth-order valence-corrected chi connectivity index (χ4v) is 4.34. The average molecular weight is 414 g/mol. The topological polar surface area (TPSA) is 42.0 Å². The summed E-state index contributed by atoms with van der Waals surface area (Å²) in [6.07, 6.45) is -3.93. The lowest BCUT2D eigenvalue weighted by molar-refractivity contribution is -0.200. The first kappa shape index (κ1) is 21.7. The van der Waals surface area contributed by atoms with Gasteiger partial charge in [0.15, 0.2) is 6.10 Å². The summed E-state index contributed by atoms with van der Waals surface area (Å²) in [6, 6.07) is 8.01. The van der Waals surface area contributed by atoms with E-state index in [-0.39, 0.29) is 5.54 Å². The van der Waals surface area contributed by atoms with E-state index in [0.29, 0.717) is 19.7 Å². The van der Waals surface area contributed by atoms with Crippen LogP contribution < -0.4 is 4.74 Å². The minimum Gasteiger partial charge on any atom is -0.494 e. The summed E-state index contributed by atoms with van der Waals surface area (Å²) in [6.45, 7) is 5.98. The van der Waals surface area contributed by atoms with Gasteiger partial charge in [0, 0.05) is 30.7 Å². The van der Waals surface area contributed by atoms with Gasteiger partial charge in [-0.3, -0.25) is 4.90 Å². The van der Waals surface area contributed by atoms with Crippen LogP contribution >= 0.6 is 0 Å². The maximum Gasteiger partial charge on any atom is 0.425 e. The van der Waals surface area contributed by atoms with Gasteiger partial charge in [0.25, 0.3) is 0 Å². The zero-order chi connectivity index (χ0) is 21.1. The van der Waals surface area contributed by atoms with E-state index in [2.05, 4.69) is 15.7 Å². The van der Waals surface area contributed by atoms with E-state index < -0.39 is 18.4 Å². The molecule has 1 aromatic rings. The number of hydrogen-bond acceptors (Lipinski definition) is 4. The van der Waals surface area contributed by atoms with E-state index in [9.17, 15) is 18.0 Å². The Labute approximate surface area is 169 Å². The highest BCUT2D eigenvalue weighted by molar-refractivity contribution is 5.68. The van der Waals surface area contributed by atoms with Gasteiger partial charge >= 0.3 is 12.3 Å². The van der Waals surface area contributed by atoms with Crippen LogP contribution in [0.3, 0.4) is 0 Å². The highest BCUT2D eigenvalue weighted by atomic mass is 19.4. The zero-order valence-corrected chi connectivity index (χ0v) is 17.0. The molecule has 2 aliphatic heterocycles. The fraction of sp³-hybridized carbons (Fsp3) is 0.667. The second-order valence-corrected chi connectivity index (χ2v) is 7.84. The van der Waals surface area contributed by atoms with Crippen LogP contribution in [0.1, 0.15) is 45.1 Å². The van der Waals surface area contributed by atoms with E-state index in [1.165, 1.54) is 4.90 Å². The van der Waals surface area contributed by atoms with Crippen LogP contribution in [-0.2, 0) is 11.3 Å². The lowest BCUT2D eigenvalue weighted by Crippen LogP contribution is -2.53. The van der Waals surface area contributed by atoms with Crippen molar-refractivity contribution < 1.29 is 27.4 Å². The molecule has 29 heavy (non-hydrogen) atoms. The molecule has 0 aliphatic carbocycles. The molecule has 0 saturated carbocycles. The van der Waals surface area contributed by atoms with Crippen molar-refractivity contribution in [3.8, 4) is 5.75 Å². The van der Waals surface area contributed by atoms with Gasteiger partial charge in [0.05, 0.1) is 6.61 Å². The van der Waals surface area contributed by atoms with Crippen molar-refractivity contribution in [3.63, 3.8) is 0 Å². The molecule has 1 unspecified atom stereocenters. The molecule has 1 aromatic carbocycles. The maximum atomic E-state index is 12.7. The number of rotatable bonds is 5. The van der Waals surface area contributed by atoms with Gasteiger partial charge in [-0.15, -0.1) is 0 Å². The Morgan fingerprint density at radius 2 is 1.86 bits per heavy atom. The van der Waals surface area contributed by atoms with Crippen molar-refractivity contribution in [2.45, 2.75) is 63.9 Å². The summed E-state index contributed by atoms with van der Waals surface area (Å²) in [7, 11) is 0. The van der Waals surface area contributed by atoms with Gasteiger partial charge in [-0.05, 0) is 52.1 Å². The molecule has 5 nitrogen and oxygen atoms in total. The Hall–Kier alpha value is -1.96. The number of likely N-dealkylation sites (tertiary alicyclic amines) is 2. The molecule has 0 aromatic heterocycles. The van der Waals surface area contributed by atoms with Crippen LogP contribution in [0.4, 0.5) is 18.0 Å². The van der Waals surface area contributed by atoms with E-state index in [1.807, 2.05) is 25.1 Å². The van der Waals surface area contributed by atoms with Gasteiger partial charge in [-0.1, -0.05) is 18.2 Å². The number of carbonyl (C=O) groups is 1. The number of piperidine rings is 1. The molecule has 0 N–H and O–H groups in total. The summed E-state index contributed by atoms with van der Waals surface area (Å²) in [5.74, 6) is 0.888. The number of alkyl halides is 3. The molecule has 8 heteroatoms. The van der Waals surface area contributed by atoms with E-state index in [0.717, 1.165) is 57.0 Å². The van der Waals surface area contributed by atoms with Crippen molar-refractivity contribution >= 4 is 6.09 Å². The maximum absolute atomic E-state index is 12.7. The van der Waals surface area contributed by atoms with E-state index >= 15 is 0 Å². The Morgan fingerprint density at radius 3 is 2.52 bits per heavy atom. The third-order valence-corrected chi connectivity index (χ3v) is 6.07. The molecular formula is C21H29F3N2O3. The third kappa shape index (κ3) is 4.97. The van der Waals surface area contributed by atoms with Gasteiger partial charge in [0.2, 0.25) is 0 Å². The molecular weight excluding hydrogens is 385 g/mol. The first-order valence-corrected chi connectivity index (χ1v) is 10.2. The minimum atomic E-state index is -4.54. The van der Waals surface area contributed by atoms with Crippen molar-refractivity contribution in [1.29, 1.82) is 0 Å². The first-order valence-electron chi connectivity index (χ1n) is 10.2. The van der Waals surface area contributed by atoms with Crippen molar-refractivity contribution in [2.24, 2.45) is 0 Å². The number of halogens is 3. The van der Waals surface area contributed by atoms with Crippen molar-refractivity contribution in [3.05, 3.63) is 29.8 Å². The molecule has 2 fully saturated rings. The predicted octanol–water partition coefficient (Wildman–Crippen LogP) is 4.60. The molecule has 1 amide bonds. The third-order valence-electron chi connectivity index (χ3n) is 6.07. The SMILES string of the molecule is CCOc1ccccc1CN1CCCC12CCN(C(=O)OC(C)C(F)(F)F)CC2. The zero-order valence-electron chi connectivity index (χ0n) is 17.0. The second kappa shape index (κ2) is 8.81. The van der Waals surface area contributed by atoms with E-state index in [4.69, 9.17) is 4.74 Å². The Bertz CT molecular complexity index is 703. The van der Waals surface area contributed by atoms with E-state index in [1.54, 1.807) is 0 Å². The summed E-state index contributed by atoms with van der Waals surface area (Å²) in [5.41, 5.74) is 1.11. The largest absolute Gasteiger partial charge is 0.494 e.